The molecule has 0 bridgehead atoms. The van der Waals surface area contributed by atoms with Gasteiger partial charge in [-0.05, 0) is 24.6 Å². The quantitative estimate of drug-likeness (QED) is 0.383. The van der Waals surface area contributed by atoms with Crippen LogP contribution in [0.25, 0.3) is 0 Å². The fourth-order valence-corrected chi connectivity index (χ4v) is 4.29. The summed E-state index contributed by atoms with van der Waals surface area (Å²) in [4.78, 5) is 10.9. The first-order chi connectivity index (χ1) is 15.6. The van der Waals surface area contributed by atoms with E-state index in [4.69, 9.17) is 0 Å². The lowest BCUT2D eigenvalue weighted by molar-refractivity contribution is 0.0941. The predicted octanol–water partition coefficient (Wildman–Crippen LogP) is 4.54. The van der Waals surface area contributed by atoms with Crippen LogP contribution in [0.15, 0.2) is 59.5 Å². The van der Waals surface area contributed by atoms with Crippen molar-refractivity contribution in [1.29, 1.82) is 0 Å². The number of rotatable bonds is 7. The number of hydrogen-bond acceptors (Lipinski definition) is 4. The summed E-state index contributed by atoms with van der Waals surface area (Å²) in [5.74, 6) is -10.5. The van der Waals surface area contributed by atoms with Crippen LogP contribution >= 0.6 is 0 Å². The van der Waals surface area contributed by atoms with Gasteiger partial charge in [0.15, 0.2) is 22.3 Å². The number of nitrogens with one attached hydrogen (secondary N) is 2. The molecule has 2 N–H and O–H groups in total. The molecule has 0 aliphatic rings. The Morgan fingerprint density at radius 2 is 1.42 bits per heavy atom. The van der Waals surface area contributed by atoms with Gasteiger partial charge in [0.2, 0.25) is 11.6 Å². The maximum Gasteiger partial charge on any atom is 0.268 e. The van der Waals surface area contributed by atoms with E-state index < -0.39 is 55.9 Å². The van der Waals surface area contributed by atoms with Gasteiger partial charge in [-0.15, -0.1) is 0 Å². The van der Waals surface area contributed by atoms with E-state index in [9.17, 15) is 30.8 Å². The smallest absolute Gasteiger partial charge is 0.268 e. The molecule has 1 amide bonds. The molecule has 0 radical (unpaired) electrons. The Bertz CT molecular complexity index is 1270. The minimum atomic E-state index is -5.20. The Labute approximate surface area is 187 Å². The topological polar surface area (TPSA) is 84.5 Å². The SMILES string of the molecule is COc1c(F)c(F)c(S(=O)(=O)Nc2ccccc2C(=O)NC(C)c2ccccc2)c(F)c1F. The molecule has 3 rings (SSSR count). The van der Waals surface area contributed by atoms with Crippen molar-refractivity contribution in [2.24, 2.45) is 0 Å². The monoisotopic (exact) mass is 482 g/mol. The minimum Gasteiger partial charge on any atom is -0.491 e. The van der Waals surface area contributed by atoms with E-state index in [1.807, 2.05) is 4.72 Å². The molecular formula is C22H18F4N2O4S. The fourth-order valence-electron chi connectivity index (χ4n) is 3.07. The molecule has 0 aliphatic heterocycles. The highest BCUT2D eigenvalue weighted by Gasteiger charge is 2.34. The second-order valence-electron chi connectivity index (χ2n) is 6.88. The molecular weight excluding hydrogens is 464 g/mol. The zero-order valence-corrected chi connectivity index (χ0v) is 18.1. The number of carbonyl (C=O) groups is 1. The van der Waals surface area contributed by atoms with Crippen LogP contribution < -0.4 is 14.8 Å². The van der Waals surface area contributed by atoms with Crippen molar-refractivity contribution < 1.29 is 35.5 Å². The third-order valence-electron chi connectivity index (χ3n) is 4.72. The lowest BCUT2D eigenvalue weighted by Crippen LogP contribution is -2.28. The first kappa shape index (κ1) is 24.1. The zero-order valence-electron chi connectivity index (χ0n) is 17.3. The van der Waals surface area contributed by atoms with Crippen molar-refractivity contribution in [1.82, 2.24) is 5.32 Å². The van der Waals surface area contributed by atoms with Crippen molar-refractivity contribution in [3.05, 3.63) is 89.0 Å². The molecule has 3 aromatic carbocycles. The van der Waals surface area contributed by atoms with Gasteiger partial charge in [-0.25, -0.2) is 17.2 Å². The highest BCUT2D eigenvalue weighted by molar-refractivity contribution is 7.92. The van der Waals surface area contributed by atoms with Crippen LogP contribution in [0.1, 0.15) is 28.9 Å². The Hall–Kier alpha value is -3.60. The second kappa shape index (κ2) is 9.49. The van der Waals surface area contributed by atoms with Crippen LogP contribution in [0.2, 0.25) is 0 Å². The Morgan fingerprint density at radius 3 is 2.00 bits per heavy atom. The minimum absolute atomic E-state index is 0.181. The number of hydrogen-bond donors (Lipinski definition) is 2. The van der Waals surface area contributed by atoms with E-state index >= 15 is 0 Å². The van der Waals surface area contributed by atoms with Crippen LogP contribution in [0, 0.1) is 23.3 Å². The maximum atomic E-state index is 14.3. The Kier molecular flexibility index (Phi) is 6.92. The van der Waals surface area contributed by atoms with Gasteiger partial charge in [-0.2, -0.15) is 8.78 Å². The molecule has 0 aliphatic carbocycles. The number of methoxy groups -OCH3 is 1. The van der Waals surface area contributed by atoms with Gasteiger partial charge < -0.3 is 10.1 Å². The van der Waals surface area contributed by atoms with E-state index in [1.54, 1.807) is 37.3 Å². The summed E-state index contributed by atoms with van der Waals surface area (Å²) in [7, 11) is -4.43. The molecule has 0 saturated carbocycles. The fraction of sp³-hybridized carbons (Fsp3) is 0.136. The van der Waals surface area contributed by atoms with Crippen LogP contribution in [0.5, 0.6) is 5.75 Å². The van der Waals surface area contributed by atoms with Crippen molar-refractivity contribution in [3.8, 4) is 5.75 Å². The lowest BCUT2D eigenvalue weighted by Gasteiger charge is -2.17. The molecule has 0 aromatic heterocycles. The second-order valence-corrected chi connectivity index (χ2v) is 8.49. The first-order valence-corrected chi connectivity index (χ1v) is 10.9. The van der Waals surface area contributed by atoms with E-state index in [-0.39, 0.29) is 11.3 Å². The van der Waals surface area contributed by atoms with Crippen LogP contribution in [-0.2, 0) is 10.0 Å². The molecule has 6 nitrogen and oxygen atoms in total. The molecule has 3 aromatic rings. The molecule has 1 atom stereocenters. The number of para-hydroxylation sites is 1. The molecule has 11 heteroatoms. The average Bonchev–Trinajstić information content (AvgIpc) is 2.78. The first-order valence-electron chi connectivity index (χ1n) is 9.46. The number of benzene rings is 3. The molecule has 0 heterocycles. The summed E-state index contributed by atoms with van der Waals surface area (Å²) in [5.41, 5.74) is 0.238. The van der Waals surface area contributed by atoms with E-state index in [1.165, 1.54) is 18.2 Å². The van der Waals surface area contributed by atoms with E-state index in [0.717, 1.165) is 18.7 Å². The summed E-state index contributed by atoms with van der Waals surface area (Å²) in [6.45, 7) is 1.70. The number of ether oxygens (including phenoxy) is 1. The average molecular weight is 482 g/mol. The number of halogens is 4. The summed E-state index contributed by atoms with van der Waals surface area (Å²) >= 11 is 0. The van der Waals surface area contributed by atoms with Gasteiger partial charge in [-0.3, -0.25) is 9.52 Å². The standard InChI is InChI=1S/C22H18F4N2O4S/c1-12(13-8-4-3-5-9-13)27-22(29)14-10-6-7-11-15(14)28-33(30,31)21-18(25)16(23)20(32-2)17(24)19(21)26/h3-12,28H,1-2H3,(H,27,29). The lowest BCUT2D eigenvalue weighted by atomic mass is 10.1. The van der Waals surface area contributed by atoms with Gasteiger partial charge in [0, 0.05) is 0 Å². The molecule has 1 unspecified atom stereocenters. The largest absolute Gasteiger partial charge is 0.491 e. The Morgan fingerprint density at radius 1 is 0.879 bits per heavy atom. The van der Waals surface area contributed by atoms with Crippen LogP contribution in [-0.4, -0.2) is 21.4 Å². The van der Waals surface area contributed by atoms with Crippen LogP contribution in [0.4, 0.5) is 23.2 Å². The van der Waals surface area contributed by atoms with Gasteiger partial charge in [0.1, 0.15) is 0 Å². The number of carbonyl (C=O) groups excluding carboxylic acids is 1. The summed E-state index contributed by atoms with van der Waals surface area (Å²) < 4.78 is 88.2. The van der Waals surface area contributed by atoms with Crippen LogP contribution in [0.3, 0.4) is 0 Å². The third kappa shape index (κ3) is 4.77. The van der Waals surface area contributed by atoms with Crippen molar-refractivity contribution in [3.63, 3.8) is 0 Å². The maximum absolute atomic E-state index is 14.3. The van der Waals surface area contributed by atoms with Gasteiger partial charge in [0.05, 0.1) is 24.4 Å². The van der Waals surface area contributed by atoms with Crippen molar-refractivity contribution >= 4 is 21.6 Å². The zero-order chi connectivity index (χ0) is 24.3. The number of amides is 1. The molecule has 0 saturated heterocycles. The highest BCUT2D eigenvalue weighted by Crippen LogP contribution is 2.33. The molecule has 0 fully saturated rings. The third-order valence-corrected chi connectivity index (χ3v) is 6.10. The normalized spacial score (nSPS) is 12.2. The van der Waals surface area contributed by atoms with Crippen molar-refractivity contribution in [2.75, 3.05) is 11.8 Å². The molecule has 0 spiro atoms. The van der Waals surface area contributed by atoms with Gasteiger partial charge in [0.25, 0.3) is 15.9 Å². The number of anilines is 1. The number of sulfonamides is 1. The highest BCUT2D eigenvalue weighted by atomic mass is 32.2. The van der Waals surface area contributed by atoms with E-state index in [2.05, 4.69) is 10.1 Å². The summed E-state index contributed by atoms with van der Waals surface area (Å²) in [6.07, 6.45) is 0. The van der Waals surface area contributed by atoms with Gasteiger partial charge >= 0.3 is 0 Å². The predicted molar refractivity (Wildman–Crippen MR) is 112 cm³/mol. The molecule has 174 valence electrons. The molecule has 33 heavy (non-hydrogen) atoms. The van der Waals surface area contributed by atoms with Gasteiger partial charge in [-0.1, -0.05) is 42.5 Å². The van der Waals surface area contributed by atoms with E-state index in [0.29, 0.717) is 0 Å². The summed E-state index contributed by atoms with van der Waals surface area (Å²) in [5, 5.41) is 2.68. The summed E-state index contributed by atoms with van der Waals surface area (Å²) in [6, 6.07) is 13.7. The Balaban J connectivity index is 1.96. The van der Waals surface area contributed by atoms with Crippen molar-refractivity contribution in [2.45, 2.75) is 17.9 Å².